The molecule has 2 aromatic rings. The number of fused-ring (bicyclic) bond motifs is 2. The van der Waals surface area contributed by atoms with Gasteiger partial charge >= 0.3 is 0 Å². The maximum atomic E-state index is 3.25. The quantitative estimate of drug-likeness (QED) is 0.515. The van der Waals surface area contributed by atoms with Gasteiger partial charge in [-0.3, -0.25) is 0 Å². The molecule has 0 heteroatoms. The molecule has 1 aliphatic carbocycles. The lowest BCUT2D eigenvalue weighted by Gasteiger charge is -2.06. The summed E-state index contributed by atoms with van der Waals surface area (Å²) in [5, 5.41) is 0. The van der Waals surface area contributed by atoms with Crippen molar-refractivity contribution in [3.63, 3.8) is 0 Å². The van der Waals surface area contributed by atoms with Crippen molar-refractivity contribution in [1.82, 2.24) is 0 Å². The summed E-state index contributed by atoms with van der Waals surface area (Å²) in [7, 11) is 0. The second-order valence-corrected chi connectivity index (χ2v) is 3.83. The molecule has 0 saturated carbocycles. The van der Waals surface area contributed by atoms with Crippen molar-refractivity contribution < 1.29 is 0 Å². The fourth-order valence-electron chi connectivity index (χ4n) is 1.92. The smallest absolute Gasteiger partial charge is 0.00992 e. The van der Waals surface area contributed by atoms with Gasteiger partial charge in [0.15, 0.2) is 0 Å². The van der Waals surface area contributed by atoms with Crippen molar-refractivity contribution in [2.45, 2.75) is 0 Å². The Morgan fingerprint density at radius 2 is 1.25 bits per heavy atom. The molecule has 0 saturated heterocycles. The molecule has 0 spiro atoms. The molecule has 0 amide bonds. The average Bonchev–Trinajstić information content (AvgIpc) is 2.32. The molecule has 0 aromatic heterocycles. The minimum absolute atomic E-state index is 1.15. The van der Waals surface area contributed by atoms with E-state index in [0.29, 0.717) is 0 Å². The molecule has 0 nitrogen and oxygen atoms in total. The number of rotatable bonds is 0. The third kappa shape index (κ3) is 1.59. The number of benzene rings is 2. The Balaban J connectivity index is 2.18. The molecule has 0 atom stereocenters. The molecule has 0 bridgehead atoms. The standard InChI is InChI=1S/C16H11/c1-2-6-14-11-12-16-8-4-3-7-15(16)10-9-13(14)5-1/h1-7,9-12H/b10-9-,12-11-,13-9?,14-11?,15-10?,16-12?. The molecule has 2 aromatic carbocycles. The van der Waals surface area contributed by atoms with Crippen LogP contribution in [0.15, 0.2) is 42.5 Å². The summed E-state index contributed by atoms with van der Waals surface area (Å²) in [6.45, 7) is 0. The lowest BCUT2D eigenvalue weighted by molar-refractivity contribution is 1.57. The number of hydrogen-bond donors (Lipinski definition) is 0. The molecule has 16 heavy (non-hydrogen) atoms. The number of hydrogen-bond acceptors (Lipinski definition) is 0. The zero-order valence-electron chi connectivity index (χ0n) is 8.85. The van der Waals surface area contributed by atoms with Gasteiger partial charge in [0.2, 0.25) is 0 Å². The Morgan fingerprint density at radius 1 is 0.625 bits per heavy atom. The molecule has 3 rings (SSSR count). The first kappa shape index (κ1) is 9.17. The molecule has 0 heterocycles. The van der Waals surface area contributed by atoms with Crippen molar-refractivity contribution in [3.8, 4) is 0 Å². The van der Waals surface area contributed by atoms with Crippen LogP contribution in [0.5, 0.6) is 0 Å². The van der Waals surface area contributed by atoms with Gasteiger partial charge in [-0.2, -0.15) is 0 Å². The zero-order valence-corrected chi connectivity index (χ0v) is 8.85. The topological polar surface area (TPSA) is 0 Å². The van der Waals surface area contributed by atoms with Crippen LogP contribution in [0, 0.1) is 6.07 Å². The van der Waals surface area contributed by atoms with Gasteiger partial charge in [-0.05, 0) is 28.3 Å². The molecule has 0 fully saturated rings. The fourth-order valence-corrected chi connectivity index (χ4v) is 1.92. The average molecular weight is 203 g/mol. The third-order valence-corrected chi connectivity index (χ3v) is 2.79. The second-order valence-electron chi connectivity index (χ2n) is 3.83. The highest BCUT2D eigenvalue weighted by atomic mass is 14.0. The van der Waals surface area contributed by atoms with Crippen LogP contribution < -0.4 is 0 Å². The van der Waals surface area contributed by atoms with Gasteiger partial charge in [0.25, 0.3) is 0 Å². The van der Waals surface area contributed by atoms with Gasteiger partial charge in [-0.1, -0.05) is 66.8 Å². The van der Waals surface area contributed by atoms with Crippen molar-refractivity contribution in [2.75, 3.05) is 0 Å². The molecule has 75 valence electrons. The highest BCUT2D eigenvalue weighted by Gasteiger charge is 2.00. The highest BCUT2D eigenvalue weighted by molar-refractivity contribution is 5.85. The lowest BCUT2D eigenvalue weighted by Crippen LogP contribution is -1.85. The van der Waals surface area contributed by atoms with Crippen molar-refractivity contribution >= 4 is 24.3 Å². The Morgan fingerprint density at radius 3 is 2.06 bits per heavy atom. The lowest BCUT2D eigenvalue weighted by atomic mass is 9.99. The van der Waals surface area contributed by atoms with E-state index in [1.165, 1.54) is 16.7 Å². The van der Waals surface area contributed by atoms with Gasteiger partial charge < -0.3 is 0 Å². The summed E-state index contributed by atoms with van der Waals surface area (Å²) in [5.41, 5.74) is 4.87. The summed E-state index contributed by atoms with van der Waals surface area (Å²) in [4.78, 5) is 0. The van der Waals surface area contributed by atoms with Gasteiger partial charge in [0.05, 0.1) is 0 Å². The van der Waals surface area contributed by atoms with Gasteiger partial charge in [-0.15, -0.1) is 0 Å². The van der Waals surface area contributed by atoms with E-state index in [1.54, 1.807) is 0 Å². The van der Waals surface area contributed by atoms with Crippen LogP contribution in [0.3, 0.4) is 0 Å². The van der Waals surface area contributed by atoms with Crippen LogP contribution in [0.2, 0.25) is 0 Å². The molecule has 0 unspecified atom stereocenters. The molecule has 0 N–H and O–H groups in total. The normalized spacial score (nSPS) is 16.5. The Hall–Kier alpha value is -2.08. The Kier molecular flexibility index (Phi) is 2.19. The van der Waals surface area contributed by atoms with Gasteiger partial charge in [-0.25, -0.2) is 0 Å². The van der Waals surface area contributed by atoms with Crippen LogP contribution >= 0.6 is 0 Å². The van der Waals surface area contributed by atoms with Crippen LogP contribution in [-0.4, -0.2) is 0 Å². The summed E-state index contributed by atoms with van der Waals surface area (Å²) >= 11 is 0. The first-order valence-corrected chi connectivity index (χ1v) is 5.39. The Bertz CT molecular complexity index is 471. The monoisotopic (exact) mass is 203 g/mol. The third-order valence-electron chi connectivity index (χ3n) is 2.79. The van der Waals surface area contributed by atoms with Gasteiger partial charge in [0.1, 0.15) is 0 Å². The molecular formula is C16H11. The zero-order chi connectivity index (χ0) is 10.8. The maximum absolute atomic E-state index is 3.25. The second kappa shape index (κ2) is 3.82. The minimum atomic E-state index is 1.15. The summed E-state index contributed by atoms with van der Waals surface area (Å²) in [5.74, 6) is 0. The minimum Gasteiger partial charge on any atom is -0.0616 e. The molecule has 1 radical (unpaired) electrons. The van der Waals surface area contributed by atoms with E-state index in [9.17, 15) is 0 Å². The van der Waals surface area contributed by atoms with E-state index in [2.05, 4.69) is 60.7 Å². The van der Waals surface area contributed by atoms with Crippen molar-refractivity contribution in [3.05, 3.63) is 70.8 Å². The van der Waals surface area contributed by atoms with Crippen LogP contribution in [0.4, 0.5) is 0 Å². The molecular weight excluding hydrogens is 192 g/mol. The van der Waals surface area contributed by atoms with Crippen molar-refractivity contribution in [1.29, 1.82) is 0 Å². The van der Waals surface area contributed by atoms with E-state index in [1.807, 2.05) is 12.1 Å². The maximum Gasteiger partial charge on any atom is -0.00992 e. The predicted octanol–water partition coefficient (Wildman–Crippen LogP) is 4.14. The van der Waals surface area contributed by atoms with Crippen LogP contribution in [0.25, 0.3) is 24.3 Å². The first-order chi connectivity index (χ1) is 7.93. The van der Waals surface area contributed by atoms with E-state index in [0.717, 1.165) is 5.56 Å². The van der Waals surface area contributed by atoms with E-state index in [4.69, 9.17) is 0 Å². The van der Waals surface area contributed by atoms with E-state index >= 15 is 0 Å². The SMILES string of the molecule is [c]1cccc2c1/C=C\c1ccccc1/C=C\2. The van der Waals surface area contributed by atoms with E-state index in [-0.39, 0.29) is 0 Å². The van der Waals surface area contributed by atoms with Crippen LogP contribution in [0.1, 0.15) is 22.3 Å². The van der Waals surface area contributed by atoms with E-state index < -0.39 is 0 Å². The van der Waals surface area contributed by atoms with Crippen molar-refractivity contribution in [2.24, 2.45) is 0 Å². The molecule has 1 aliphatic rings. The summed E-state index contributed by atoms with van der Waals surface area (Å²) in [6, 6.07) is 17.7. The molecule has 0 aliphatic heterocycles. The largest absolute Gasteiger partial charge is 0.0616 e. The summed E-state index contributed by atoms with van der Waals surface area (Å²) < 4.78 is 0. The van der Waals surface area contributed by atoms with Crippen LogP contribution in [-0.2, 0) is 0 Å². The highest BCUT2D eigenvalue weighted by Crippen LogP contribution is 2.21. The first-order valence-electron chi connectivity index (χ1n) is 5.39. The fraction of sp³-hybridized carbons (Fsp3) is 0. The summed E-state index contributed by atoms with van der Waals surface area (Å²) in [6.07, 6.45) is 8.57. The Labute approximate surface area is 95.6 Å². The predicted molar refractivity (Wildman–Crippen MR) is 69.6 cm³/mol. The van der Waals surface area contributed by atoms with Gasteiger partial charge in [0, 0.05) is 0 Å².